The number of fused-ring (bicyclic) bond motifs is 3. The number of aromatic nitrogens is 2. The highest BCUT2D eigenvalue weighted by Gasteiger charge is 2.45. The zero-order valence-corrected chi connectivity index (χ0v) is 26.1. The topological polar surface area (TPSA) is 35.0 Å². The van der Waals surface area contributed by atoms with Crippen LogP contribution in [0.15, 0.2) is 182 Å². The van der Waals surface area contributed by atoms with Gasteiger partial charge in [0.2, 0.25) is 0 Å². The molecule has 0 unspecified atom stereocenters. The van der Waals surface area contributed by atoms with Crippen molar-refractivity contribution in [1.29, 1.82) is 0 Å². The standard InChI is InChI=1S/C45H30N2O/c1-3-13-31(14-4-1)32-23-25-33(26-24-32)43-37-17-7-10-20-40(37)46-44(47-43)34-27-29-36(30-28-34)45(35-15-5-2-6-16-35)38-18-8-11-21-41(38)48-42-22-12-9-19-39(42)45/h1-30H. The largest absolute Gasteiger partial charge is 0.457 e. The molecule has 0 radical (unpaired) electrons. The lowest BCUT2D eigenvalue weighted by Crippen LogP contribution is -2.34. The van der Waals surface area contributed by atoms with E-state index in [0.29, 0.717) is 5.82 Å². The van der Waals surface area contributed by atoms with Crippen LogP contribution in [-0.4, -0.2) is 9.97 Å². The first-order valence-corrected chi connectivity index (χ1v) is 16.2. The summed E-state index contributed by atoms with van der Waals surface area (Å²) in [6.45, 7) is 0. The maximum atomic E-state index is 6.48. The molecule has 9 rings (SSSR count). The van der Waals surface area contributed by atoms with E-state index in [1.807, 2.05) is 24.3 Å². The van der Waals surface area contributed by atoms with Gasteiger partial charge >= 0.3 is 0 Å². The molecule has 7 aromatic carbocycles. The Bertz CT molecular complexity index is 2360. The second kappa shape index (κ2) is 11.5. The molecule has 0 N–H and O–H groups in total. The van der Waals surface area contributed by atoms with Crippen LogP contribution >= 0.6 is 0 Å². The molecule has 0 amide bonds. The van der Waals surface area contributed by atoms with Gasteiger partial charge < -0.3 is 4.74 Å². The Kier molecular flexibility index (Phi) is 6.69. The molecule has 0 saturated heterocycles. The van der Waals surface area contributed by atoms with Gasteiger partial charge in [0.1, 0.15) is 11.5 Å². The minimum Gasteiger partial charge on any atom is -0.457 e. The summed E-state index contributed by atoms with van der Waals surface area (Å²) in [5, 5.41) is 1.03. The van der Waals surface area contributed by atoms with Gasteiger partial charge in [0.15, 0.2) is 5.82 Å². The lowest BCUT2D eigenvalue weighted by Gasteiger charge is -2.41. The Labute approximate surface area is 279 Å². The van der Waals surface area contributed by atoms with Crippen molar-refractivity contribution in [3.63, 3.8) is 0 Å². The molecule has 2 heterocycles. The molecule has 0 spiro atoms. The van der Waals surface area contributed by atoms with E-state index in [0.717, 1.165) is 55.9 Å². The molecule has 0 atom stereocenters. The van der Waals surface area contributed by atoms with Crippen LogP contribution in [0.4, 0.5) is 0 Å². The van der Waals surface area contributed by atoms with Crippen molar-refractivity contribution in [3.8, 4) is 45.3 Å². The monoisotopic (exact) mass is 614 g/mol. The van der Waals surface area contributed by atoms with Gasteiger partial charge in [-0.15, -0.1) is 0 Å². The van der Waals surface area contributed by atoms with Crippen LogP contribution in [0.2, 0.25) is 0 Å². The highest BCUT2D eigenvalue weighted by molar-refractivity contribution is 5.94. The van der Waals surface area contributed by atoms with Gasteiger partial charge in [-0.25, -0.2) is 9.97 Å². The molecule has 1 aromatic heterocycles. The second-order valence-corrected chi connectivity index (χ2v) is 12.1. The van der Waals surface area contributed by atoms with Gasteiger partial charge in [-0.05, 0) is 40.5 Å². The van der Waals surface area contributed by atoms with Crippen molar-refractivity contribution in [2.75, 3.05) is 0 Å². The first-order valence-electron chi connectivity index (χ1n) is 16.2. The molecule has 0 saturated carbocycles. The van der Waals surface area contributed by atoms with E-state index >= 15 is 0 Å². The molecule has 0 fully saturated rings. The molecule has 1 aliphatic heterocycles. The SMILES string of the molecule is c1ccc(-c2ccc(-c3nc(-c4ccc(C5(c6ccccc6)c6ccccc6Oc6ccccc65)cc4)nc4ccccc34)cc2)cc1. The van der Waals surface area contributed by atoms with Gasteiger partial charge in [-0.1, -0.05) is 164 Å². The molecule has 0 aliphatic carbocycles. The summed E-state index contributed by atoms with van der Waals surface area (Å²) in [4.78, 5) is 10.3. The Balaban J connectivity index is 1.19. The van der Waals surface area contributed by atoms with Crippen molar-refractivity contribution < 1.29 is 4.74 Å². The van der Waals surface area contributed by atoms with Crippen molar-refractivity contribution in [2.45, 2.75) is 5.41 Å². The summed E-state index contributed by atoms with van der Waals surface area (Å²) in [5.41, 5.74) is 10.2. The third-order valence-corrected chi connectivity index (χ3v) is 9.45. The zero-order chi connectivity index (χ0) is 31.9. The fraction of sp³-hybridized carbons (Fsp3) is 0.0222. The maximum Gasteiger partial charge on any atom is 0.160 e. The van der Waals surface area contributed by atoms with Crippen LogP contribution in [0, 0.1) is 0 Å². The number of hydrogen-bond acceptors (Lipinski definition) is 3. The third-order valence-electron chi connectivity index (χ3n) is 9.45. The quantitative estimate of drug-likeness (QED) is 0.193. The summed E-state index contributed by atoms with van der Waals surface area (Å²) in [5.74, 6) is 2.43. The predicted molar refractivity (Wildman–Crippen MR) is 194 cm³/mol. The lowest BCUT2D eigenvalue weighted by atomic mass is 9.63. The van der Waals surface area contributed by atoms with Crippen LogP contribution in [0.3, 0.4) is 0 Å². The van der Waals surface area contributed by atoms with Crippen LogP contribution in [-0.2, 0) is 5.41 Å². The Morgan fingerprint density at radius 1 is 0.375 bits per heavy atom. The molecule has 3 nitrogen and oxygen atoms in total. The van der Waals surface area contributed by atoms with Crippen LogP contribution in [0.25, 0.3) is 44.7 Å². The zero-order valence-electron chi connectivity index (χ0n) is 26.1. The molecule has 0 bridgehead atoms. The van der Waals surface area contributed by atoms with Gasteiger partial charge in [0.25, 0.3) is 0 Å². The highest BCUT2D eigenvalue weighted by atomic mass is 16.5. The average Bonchev–Trinajstić information content (AvgIpc) is 3.17. The lowest BCUT2D eigenvalue weighted by molar-refractivity contribution is 0.434. The van der Waals surface area contributed by atoms with Crippen LogP contribution in [0.1, 0.15) is 22.3 Å². The molecule has 1 aliphatic rings. The fourth-order valence-electron chi connectivity index (χ4n) is 7.22. The molecule has 3 heteroatoms. The van der Waals surface area contributed by atoms with Crippen molar-refractivity contribution in [2.24, 2.45) is 0 Å². The molecule has 8 aromatic rings. The Morgan fingerprint density at radius 3 is 1.56 bits per heavy atom. The summed E-state index contributed by atoms with van der Waals surface area (Å²) in [6.07, 6.45) is 0. The molecule has 226 valence electrons. The van der Waals surface area contributed by atoms with E-state index in [-0.39, 0.29) is 0 Å². The third kappa shape index (κ3) is 4.51. The minimum absolute atomic E-state index is 0.568. The summed E-state index contributed by atoms with van der Waals surface area (Å²) in [7, 11) is 0. The van der Waals surface area contributed by atoms with Gasteiger partial charge in [0, 0.05) is 27.6 Å². The van der Waals surface area contributed by atoms with E-state index in [1.54, 1.807) is 0 Å². The second-order valence-electron chi connectivity index (χ2n) is 12.1. The normalized spacial score (nSPS) is 12.9. The fourth-order valence-corrected chi connectivity index (χ4v) is 7.22. The first kappa shape index (κ1) is 27.9. The van der Waals surface area contributed by atoms with E-state index in [1.165, 1.54) is 16.7 Å². The first-order chi connectivity index (χ1) is 23.8. The smallest absolute Gasteiger partial charge is 0.160 e. The number of ether oxygens (including phenoxy) is 1. The molecule has 48 heavy (non-hydrogen) atoms. The van der Waals surface area contributed by atoms with Crippen molar-refractivity contribution in [1.82, 2.24) is 9.97 Å². The summed E-state index contributed by atoms with van der Waals surface area (Å²) < 4.78 is 6.48. The van der Waals surface area contributed by atoms with Crippen molar-refractivity contribution >= 4 is 10.9 Å². The van der Waals surface area contributed by atoms with Gasteiger partial charge in [0.05, 0.1) is 16.6 Å². The van der Waals surface area contributed by atoms with Gasteiger partial charge in [-0.2, -0.15) is 0 Å². The number of benzene rings is 7. The van der Waals surface area contributed by atoms with Crippen LogP contribution < -0.4 is 4.74 Å². The van der Waals surface area contributed by atoms with E-state index in [9.17, 15) is 0 Å². The highest BCUT2D eigenvalue weighted by Crippen LogP contribution is 2.55. The molecular formula is C45H30N2O. The Hall–Kier alpha value is -6.32. The predicted octanol–water partition coefficient (Wildman–Crippen LogP) is 11.1. The van der Waals surface area contributed by atoms with Crippen molar-refractivity contribution in [3.05, 3.63) is 204 Å². The molecular weight excluding hydrogens is 585 g/mol. The maximum absolute atomic E-state index is 6.48. The number of nitrogens with zero attached hydrogens (tertiary/aromatic N) is 2. The number of hydrogen-bond donors (Lipinski definition) is 0. The minimum atomic E-state index is -0.568. The number of rotatable bonds is 5. The average molecular weight is 615 g/mol. The Morgan fingerprint density at radius 2 is 0.875 bits per heavy atom. The van der Waals surface area contributed by atoms with E-state index in [4.69, 9.17) is 14.7 Å². The summed E-state index contributed by atoms with van der Waals surface area (Å²) in [6, 6.07) is 63.7. The van der Waals surface area contributed by atoms with E-state index in [2.05, 4.69) is 158 Å². The van der Waals surface area contributed by atoms with Gasteiger partial charge in [-0.3, -0.25) is 0 Å². The summed E-state index contributed by atoms with van der Waals surface area (Å²) >= 11 is 0. The van der Waals surface area contributed by atoms with Crippen LogP contribution in [0.5, 0.6) is 11.5 Å². The van der Waals surface area contributed by atoms with E-state index < -0.39 is 5.41 Å². The number of para-hydroxylation sites is 3.